The van der Waals surface area contributed by atoms with Gasteiger partial charge >= 0.3 is 0 Å². The highest BCUT2D eigenvalue weighted by Crippen LogP contribution is 2.31. The van der Waals surface area contributed by atoms with E-state index in [0.29, 0.717) is 18.7 Å². The average molecular weight is 381 g/mol. The summed E-state index contributed by atoms with van der Waals surface area (Å²) in [6, 6.07) is 5.22. The van der Waals surface area contributed by atoms with Crippen LogP contribution in [-0.4, -0.2) is 42.8 Å². The third-order valence-electron chi connectivity index (χ3n) is 6.18. The zero-order valence-electron chi connectivity index (χ0n) is 15.8. The van der Waals surface area contributed by atoms with Gasteiger partial charge in [-0.1, -0.05) is 12.5 Å². The molecule has 1 aliphatic heterocycles. The lowest BCUT2D eigenvalue weighted by atomic mass is 9.85. The van der Waals surface area contributed by atoms with E-state index in [1.807, 2.05) is 6.20 Å². The first-order valence-corrected chi connectivity index (χ1v) is 10.1. The number of pyridine rings is 1. The van der Waals surface area contributed by atoms with Gasteiger partial charge in [0.1, 0.15) is 11.5 Å². The minimum Gasteiger partial charge on any atom is -0.336 e. The van der Waals surface area contributed by atoms with Gasteiger partial charge in [-0.25, -0.2) is 9.97 Å². The standard InChI is InChI=1S/C21H24FN5O/c22-19-18(24-17-8-1-2-11-27(17)19)21(28)26-10-4-7-16(14-26)20-23-9-12-25(20)13-15-5-3-6-15/h1-2,8-9,11-12,15-16H,3-7,10,13-14H2/t16-/m1/s1. The molecule has 0 unspecified atom stereocenters. The molecule has 3 aromatic heterocycles. The Hall–Kier alpha value is -2.70. The zero-order chi connectivity index (χ0) is 19.1. The molecule has 6 nitrogen and oxygen atoms in total. The Labute approximate surface area is 163 Å². The average Bonchev–Trinajstić information content (AvgIpc) is 3.29. The van der Waals surface area contributed by atoms with E-state index in [0.717, 1.165) is 31.1 Å². The second-order valence-electron chi connectivity index (χ2n) is 8.01. The lowest BCUT2D eigenvalue weighted by molar-refractivity contribution is 0.0692. The zero-order valence-corrected chi connectivity index (χ0v) is 15.8. The third-order valence-corrected chi connectivity index (χ3v) is 6.18. The number of hydrogen-bond acceptors (Lipinski definition) is 3. The Morgan fingerprint density at radius 1 is 1.18 bits per heavy atom. The number of nitrogens with zero attached hydrogens (tertiary/aromatic N) is 5. The molecule has 3 aromatic rings. The number of likely N-dealkylation sites (tertiary alicyclic amines) is 1. The number of fused-ring (bicyclic) bond motifs is 1. The first-order chi connectivity index (χ1) is 13.7. The number of amides is 1. The van der Waals surface area contributed by atoms with Crippen molar-refractivity contribution in [1.82, 2.24) is 23.8 Å². The number of carbonyl (C=O) groups excluding carboxylic acids is 1. The second kappa shape index (κ2) is 7.04. The van der Waals surface area contributed by atoms with Gasteiger partial charge in [0.15, 0.2) is 5.69 Å². The van der Waals surface area contributed by atoms with Crippen LogP contribution in [0.3, 0.4) is 0 Å². The molecule has 146 valence electrons. The van der Waals surface area contributed by atoms with Crippen molar-refractivity contribution in [2.24, 2.45) is 5.92 Å². The molecule has 2 aliphatic rings. The van der Waals surface area contributed by atoms with Crippen molar-refractivity contribution in [3.63, 3.8) is 0 Å². The van der Waals surface area contributed by atoms with Gasteiger partial charge in [0.25, 0.3) is 5.91 Å². The highest BCUT2D eigenvalue weighted by molar-refractivity contribution is 5.93. The highest BCUT2D eigenvalue weighted by Gasteiger charge is 2.31. The Morgan fingerprint density at radius 3 is 2.86 bits per heavy atom. The van der Waals surface area contributed by atoms with Crippen LogP contribution >= 0.6 is 0 Å². The molecular weight excluding hydrogens is 357 g/mol. The third kappa shape index (κ3) is 2.99. The number of imidazole rings is 2. The fraction of sp³-hybridized carbons (Fsp3) is 0.476. The smallest absolute Gasteiger partial charge is 0.277 e. The lowest BCUT2D eigenvalue weighted by Crippen LogP contribution is -2.40. The maximum Gasteiger partial charge on any atom is 0.277 e. The lowest BCUT2D eigenvalue weighted by Gasteiger charge is -2.33. The van der Waals surface area contributed by atoms with Crippen LogP contribution in [0.25, 0.3) is 5.65 Å². The number of carbonyl (C=O) groups is 1. The summed E-state index contributed by atoms with van der Waals surface area (Å²) in [4.78, 5) is 23.6. The summed E-state index contributed by atoms with van der Waals surface area (Å²) in [5, 5.41) is 0. The molecule has 28 heavy (non-hydrogen) atoms. The number of aromatic nitrogens is 4. The van der Waals surface area contributed by atoms with Gasteiger partial charge in [0.2, 0.25) is 5.95 Å². The van der Waals surface area contributed by atoms with Crippen LogP contribution in [-0.2, 0) is 6.54 Å². The monoisotopic (exact) mass is 381 g/mol. The molecule has 7 heteroatoms. The fourth-order valence-electron chi connectivity index (χ4n) is 4.41. The Morgan fingerprint density at radius 2 is 2.07 bits per heavy atom. The first kappa shape index (κ1) is 17.4. The predicted octanol–water partition coefficient (Wildman–Crippen LogP) is 3.49. The summed E-state index contributed by atoms with van der Waals surface area (Å²) in [5.74, 6) is 1.08. The van der Waals surface area contributed by atoms with Gasteiger partial charge in [-0.05, 0) is 43.7 Å². The molecule has 4 heterocycles. The summed E-state index contributed by atoms with van der Waals surface area (Å²) in [7, 11) is 0. The summed E-state index contributed by atoms with van der Waals surface area (Å²) >= 11 is 0. The fourth-order valence-corrected chi connectivity index (χ4v) is 4.41. The van der Waals surface area contributed by atoms with Gasteiger partial charge in [-0.2, -0.15) is 4.39 Å². The first-order valence-electron chi connectivity index (χ1n) is 10.1. The summed E-state index contributed by atoms with van der Waals surface area (Å²) in [6.07, 6.45) is 11.3. The van der Waals surface area contributed by atoms with E-state index in [2.05, 4.69) is 20.7 Å². The molecule has 1 atom stereocenters. The topological polar surface area (TPSA) is 55.4 Å². The van der Waals surface area contributed by atoms with Crippen molar-refractivity contribution in [2.45, 2.75) is 44.6 Å². The van der Waals surface area contributed by atoms with Crippen molar-refractivity contribution in [1.29, 1.82) is 0 Å². The number of halogens is 1. The van der Waals surface area contributed by atoms with Crippen LogP contribution < -0.4 is 0 Å². The van der Waals surface area contributed by atoms with E-state index in [1.54, 1.807) is 29.3 Å². The van der Waals surface area contributed by atoms with Crippen molar-refractivity contribution in [3.8, 4) is 0 Å². The molecular formula is C21H24FN5O. The van der Waals surface area contributed by atoms with E-state index in [9.17, 15) is 9.18 Å². The SMILES string of the molecule is O=C(c1nc2ccccn2c1F)N1CCC[C@@H](c2nccn2CC2CCC2)C1. The van der Waals surface area contributed by atoms with Crippen molar-refractivity contribution in [2.75, 3.05) is 13.1 Å². The predicted molar refractivity (Wildman–Crippen MR) is 103 cm³/mol. The van der Waals surface area contributed by atoms with E-state index in [1.165, 1.54) is 23.7 Å². The van der Waals surface area contributed by atoms with Gasteiger partial charge in [-0.3, -0.25) is 9.20 Å². The van der Waals surface area contributed by atoms with Gasteiger partial charge in [-0.15, -0.1) is 0 Å². The molecule has 0 bridgehead atoms. The van der Waals surface area contributed by atoms with E-state index in [4.69, 9.17) is 0 Å². The molecule has 5 rings (SSSR count). The maximum atomic E-state index is 14.7. The number of hydrogen-bond donors (Lipinski definition) is 0. The largest absolute Gasteiger partial charge is 0.336 e. The summed E-state index contributed by atoms with van der Waals surface area (Å²) < 4.78 is 18.3. The second-order valence-corrected chi connectivity index (χ2v) is 8.01. The summed E-state index contributed by atoms with van der Waals surface area (Å²) in [6.45, 7) is 2.21. The normalized spacial score (nSPS) is 20.5. The molecule has 0 spiro atoms. The molecule has 0 N–H and O–H groups in total. The Kier molecular flexibility index (Phi) is 4.37. The van der Waals surface area contributed by atoms with Crippen molar-refractivity contribution < 1.29 is 9.18 Å². The van der Waals surface area contributed by atoms with Crippen LogP contribution in [0.4, 0.5) is 4.39 Å². The van der Waals surface area contributed by atoms with E-state index >= 15 is 0 Å². The minimum absolute atomic E-state index is 0.0929. The van der Waals surface area contributed by atoms with Crippen molar-refractivity contribution in [3.05, 3.63) is 54.3 Å². The van der Waals surface area contributed by atoms with E-state index < -0.39 is 5.95 Å². The quantitative estimate of drug-likeness (QED) is 0.695. The Balaban J connectivity index is 1.36. The molecule has 1 amide bonds. The molecule has 1 saturated heterocycles. The molecule has 0 radical (unpaired) electrons. The van der Waals surface area contributed by atoms with Gasteiger partial charge < -0.3 is 9.47 Å². The van der Waals surface area contributed by atoms with Crippen LogP contribution in [0.1, 0.15) is 54.3 Å². The molecule has 2 fully saturated rings. The van der Waals surface area contributed by atoms with Crippen LogP contribution in [0, 0.1) is 11.9 Å². The van der Waals surface area contributed by atoms with Crippen molar-refractivity contribution >= 4 is 11.6 Å². The summed E-state index contributed by atoms with van der Waals surface area (Å²) in [5.41, 5.74) is 0.359. The van der Waals surface area contributed by atoms with Gasteiger partial charge in [0.05, 0.1) is 0 Å². The molecule has 1 aliphatic carbocycles. The maximum absolute atomic E-state index is 14.7. The van der Waals surface area contributed by atoms with Crippen LogP contribution in [0.15, 0.2) is 36.8 Å². The van der Waals surface area contributed by atoms with Gasteiger partial charge in [0, 0.05) is 44.1 Å². The highest BCUT2D eigenvalue weighted by atomic mass is 19.1. The molecule has 0 aromatic carbocycles. The number of piperidine rings is 1. The van der Waals surface area contributed by atoms with E-state index in [-0.39, 0.29) is 17.5 Å². The minimum atomic E-state index is -0.589. The molecule has 1 saturated carbocycles. The van der Waals surface area contributed by atoms with Crippen LogP contribution in [0.5, 0.6) is 0 Å². The van der Waals surface area contributed by atoms with Crippen LogP contribution in [0.2, 0.25) is 0 Å². The Bertz CT molecular complexity index is 1010. The number of rotatable bonds is 4.